The number of nitrogens with one attached hydrogen (secondary N) is 1. The van der Waals surface area contributed by atoms with Gasteiger partial charge in [0.15, 0.2) is 0 Å². The molecule has 39 heavy (non-hydrogen) atoms. The number of fused-ring (bicyclic) bond motifs is 1. The fourth-order valence-corrected chi connectivity index (χ4v) is 4.94. The van der Waals surface area contributed by atoms with E-state index in [0.717, 1.165) is 10.5 Å². The molecule has 3 aromatic rings. The molecule has 2 aliphatic heterocycles. The number of methoxy groups -OCH3 is 1. The Balaban J connectivity index is 1.53. The third-order valence-corrected chi connectivity index (χ3v) is 6.98. The predicted octanol–water partition coefficient (Wildman–Crippen LogP) is 2.92. The van der Waals surface area contributed by atoms with Gasteiger partial charge in [-0.15, -0.1) is 0 Å². The first-order valence-corrected chi connectivity index (χ1v) is 12.3. The van der Waals surface area contributed by atoms with E-state index < -0.39 is 40.8 Å². The van der Waals surface area contributed by atoms with Gasteiger partial charge in [-0.3, -0.25) is 19.7 Å². The van der Waals surface area contributed by atoms with Crippen LogP contribution < -0.4 is 20.8 Å². The normalized spacial score (nSPS) is 21.5. The highest BCUT2D eigenvalue weighted by atomic mass is 16.6. The first kappa shape index (κ1) is 26.0. The molecule has 2 amide bonds. The number of aliphatic hydroxyl groups excluding tert-OH is 1. The molecule has 0 aliphatic carbocycles. The van der Waals surface area contributed by atoms with Crippen molar-refractivity contribution < 1.29 is 24.4 Å². The van der Waals surface area contributed by atoms with Crippen LogP contribution in [0.3, 0.4) is 0 Å². The zero-order chi connectivity index (χ0) is 27.7. The average Bonchev–Trinajstić information content (AvgIpc) is 3.22. The second kappa shape index (κ2) is 10.7. The van der Waals surface area contributed by atoms with E-state index in [4.69, 9.17) is 10.5 Å². The number of rotatable bonds is 8. The number of amides is 2. The van der Waals surface area contributed by atoms with Crippen molar-refractivity contribution >= 4 is 28.9 Å². The van der Waals surface area contributed by atoms with E-state index >= 15 is 0 Å². The highest BCUT2D eigenvalue weighted by molar-refractivity contribution is 6.24. The summed E-state index contributed by atoms with van der Waals surface area (Å²) in [5.41, 5.74) is 11.0. The standard InChI is InChI=1S/C28H27N5O6/c1-39-22-4-2-3-18(15-22)26(34)24-14-13-23-25(32(24)30-19-7-11-21(12-8-19)33(37)38)28(36)31(27(23)35)20-9-5-17(16-29)6-10-20/h2-15,23-26,30,34H,16,29H2,1H3/t23-,24?,25+,26-/m1/s1. The number of hydrogen-bond acceptors (Lipinski definition) is 9. The van der Waals surface area contributed by atoms with Gasteiger partial charge in [-0.25, -0.2) is 9.91 Å². The van der Waals surface area contributed by atoms with Crippen LogP contribution in [-0.2, 0) is 16.1 Å². The second-order valence-electron chi connectivity index (χ2n) is 9.27. The van der Waals surface area contributed by atoms with Gasteiger partial charge >= 0.3 is 0 Å². The van der Waals surface area contributed by atoms with Crippen LogP contribution in [-0.4, -0.2) is 46.0 Å². The van der Waals surface area contributed by atoms with Crippen LogP contribution in [0.2, 0.25) is 0 Å². The smallest absolute Gasteiger partial charge is 0.269 e. The zero-order valence-electron chi connectivity index (χ0n) is 21.0. The number of non-ortho nitro benzene ring substituents is 1. The van der Waals surface area contributed by atoms with Crippen molar-refractivity contribution in [2.24, 2.45) is 11.7 Å². The Kier molecular flexibility index (Phi) is 7.11. The molecule has 0 saturated carbocycles. The maximum Gasteiger partial charge on any atom is 0.269 e. The third-order valence-electron chi connectivity index (χ3n) is 6.98. The fourth-order valence-electron chi connectivity index (χ4n) is 4.94. The van der Waals surface area contributed by atoms with E-state index in [2.05, 4.69) is 5.43 Å². The third kappa shape index (κ3) is 4.86. The number of hydrogen-bond donors (Lipinski definition) is 3. The minimum atomic E-state index is -1.11. The number of carbonyl (C=O) groups excluding carboxylic acids is 2. The lowest BCUT2D eigenvalue weighted by Gasteiger charge is -2.40. The molecule has 4 atom stereocenters. The molecule has 2 heterocycles. The summed E-state index contributed by atoms with van der Waals surface area (Å²) in [4.78, 5) is 39.1. The van der Waals surface area contributed by atoms with E-state index in [-0.39, 0.29) is 5.69 Å². The van der Waals surface area contributed by atoms with Crippen molar-refractivity contribution in [3.8, 4) is 5.75 Å². The maximum atomic E-state index is 13.8. The van der Waals surface area contributed by atoms with Crippen molar-refractivity contribution in [1.82, 2.24) is 5.01 Å². The highest BCUT2D eigenvalue weighted by Gasteiger charge is 2.54. The molecule has 3 aromatic carbocycles. The molecule has 5 rings (SSSR count). The maximum absolute atomic E-state index is 13.8. The number of aliphatic hydroxyl groups is 1. The van der Waals surface area contributed by atoms with Gasteiger partial charge in [0.2, 0.25) is 5.91 Å². The lowest BCUT2D eigenvalue weighted by molar-refractivity contribution is -0.384. The van der Waals surface area contributed by atoms with E-state index in [1.54, 1.807) is 65.7 Å². The number of ether oxygens (including phenoxy) is 1. The molecule has 1 unspecified atom stereocenters. The number of anilines is 2. The second-order valence-corrected chi connectivity index (χ2v) is 9.27. The number of carbonyl (C=O) groups is 2. The Bertz CT molecular complexity index is 1430. The van der Waals surface area contributed by atoms with Gasteiger partial charge in [0.05, 0.1) is 29.7 Å². The number of nitrogens with zero attached hydrogens (tertiary/aromatic N) is 3. The average molecular weight is 530 g/mol. The van der Waals surface area contributed by atoms with Crippen molar-refractivity contribution in [3.63, 3.8) is 0 Å². The topological polar surface area (TPSA) is 151 Å². The molecular formula is C28H27N5O6. The first-order valence-electron chi connectivity index (χ1n) is 12.3. The number of hydrazine groups is 1. The summed E-state index contributed by atoms with van der Waals surface area (Å²) in [5.74, 6) is -1.12. The monoisotopic (exact) mass is 529 g/mol. The Morgan fingerprint density at radius 1 is 1.05 bits per heavy atom. The van der Waals surface area contributed by atoms with Gasteiger partial charge in [0, 0.05) is 24.4 Å². The van der Waals surface area contributed by atoms with Gasteiger partial charge < -0.3 is 21.0 Å². The van der Waals surface area contributed by atoms with E-state index in [9.17, 15) is 24.8 Å². The molecular weight excluding hydrogens is 502 g/mol. The van der Waals surface area contributed by atoms with E-state index in [1.165, 1.54) is 31.4 Å². The molecule has 200 valence electrons. The Hall–Kier alpha value is -4.58. The van der Waals surface area contributed by atoms with E-state index in [0.29, 0.717) is 29.2 Å². The SMILES string of the molecule is COc1cccc([C@@H](O)C2C=C[C@H]3C(=O)N(c4ccc(CN)cc4)C(=O)[C@H]3N2Nc2ccc([N+](=O)[O-])cc2)c1. The van der Waals surface area contributed by atoms with Crippen LogP contribution >= 0.6 is 0 Å². The largest absolute Gasteiger partial charge is 0.497 e. The van der Waals surface area contributed by atoms with Gasteiger partial charge in [0.1, 0.15) is 17.9 Å². The number of nitrogens with two attached hydrogens (primary N) is 1. The van der Waals surface area contributed by atoms with Gasteiger partial charge in [0.25, 0.3) is 11.6 Å². The predicted molar refractivity (Wildman–Crippen MR) is 144 cm³/mol. The Morgan fingerprint density at radius 2 is 1.77 bits per heavy atom. The molecule has 0 aromatic heterocycles. The number of nitro groups is 1. The summed E-state index contributed by atoms with van der Waals surface area (Å²) < 4.78 is 5.30. The molecule has 0 spiro atoms. The molecule has 11 nitrogen and oxygen atoms in total. The Morgan fingerprint density at radius 3 is 2.41 bits per heavy atom. The fraction of sp³-hybridized carbons (Fsp3) is 0.214. The van der Waals surface area contributed by atoms with Crippen LogP contribution in [0, 0.1) is 16.0 Å². The summed E-state index contributed by atoms with van der Waals surface area (Å²) in [7, 11) is 1.52. The molecule has 11 heteroatoms. The summed E-state index contributed by atoms with van der Waals surface area (Å²) in [6.07, 6.45) is 2.24. The zero-order valence-corrected chi connectivity index (χ0v) is 21.0. The number of benzene rings is 3. The van der Waals surface area contributed by atoms with Gasteiger partial charge in [-0.05, 0) is 47.5 Å². The summed E-state index contributed by atoms with van der Waals surface area (Å²) >= 11 is 0. The van der Waals surface area contributed by atoms with Crippen molar-refractivity contribution in [1.29, 1.82) is 0 Å². The van der Waals surface area contributed by atoms with Crippen LogP contribution in [0.25, 0.3) is 0 Å². The van der Waals surface area contributed by atoms with Crippen LogP contribution in [0.1, 0.15) is 17.2 Å². The van der Waals surface area contributed by atoms with Gasteiger partial charge in [-0.1, -0.05) is 36.4 Å². The molecule has 0 radical (unpaired) electrons. The van der Waals surface area contributed by atoms with Crippen LogP contribution in [0.15, 0.2) is 84.9 Å². The van der Waals surface area contributed by atoms with Crippen molar-refractivity contribution in [2.45, 2.75) is 24.7 Å². The van der Waals surface area contributed by atoms with Crippen molar-refractivity contribution in [3.05, 3.63) is 106 Å². The quantitative estimate of drug-likeness (QED) is 0.173. The van der Waals surface area contributed by atoms with E-state index in [1.807, 2.05) is 0 Å². The summed E-state index contributed by atoms with van der Waals surface area (Å²) in [6.45, 7) is 0.326. The summed E-state index contributed by atoms with van der Waals surface area (Å²) in [5, 5.41) is 24.1. The minimum absolute atomic E-state index is 0.0934. The highest BCUT2D eigenvalue weighted by Crippen LogP contribution is 2.38. The number of imide groups is 1. The summed E-state index contributed by atoms with van der Waals surface area (Å²) in [6, 6.07) is 17.7. The van der Waals surface area contributed by atoms with Crippen LogP contribution in [0.4, 0.5) is 17.1 Å². The number of nitro benzene ring substituents is 1. The Labute approximate surface area is 224 Å². The molecule has 2 aliphatic rings. The molecule has 1 fully saturated rings. The van der Waals surface area contributed by atoms with Gasteiger partial charge in [-0.2, -0.15) is 0 Å². The lowest BCUT2D eigenvalue weighted by atomic mass is 9.90. The first-order chi connectivity index (χ1) is 18.8. The van der Waals surface area contributed by atoms with Crippen molar-refractivity contribution in [2.75, 3.05) is 17.4 Å². The van der Waals surface area contributed by atoms with Crippen LogP contribution in [0.5, 0.6) is 5.75 Å². The molecule has 1 saturated heterocycles. The molecule has 0 bridgehead atoms. The minimum Gasteiger partial charge on any atom is -0.497 e. The molecule has 4 N–H and O–H groups in total. The lowest BCUT2D eigenvalue weighted by Crippen LogP contribution is -2.55.